The van der Waals surface area contributed by atoms with Crippen LogP contribution >= 0.6 is 15.9 Å². The van der Waals surface area contributed by atoms with E-state index in [0.717, 1.165) is 65.7 Å². The van der Waals surface area contributed by atoms with Crippen molar-refractivity contribution in [3.05, 3.63) is 70.7 Å². The molecule has 1 aliphatic heterocycles. The van der Waals surface area contributed by atoms with Gasteiger partial charge in [-0.3, -0.25) is 4.79 Å². The maximum Gasteiger partial charge on any atom is 0.322 e. The Morgan fingerprint density at radius 3 is 2.47 bits per heavy atom. The molecule has 10 heteroatoms. The van der Waals surface area contributed by atoms with Gasteiger partial charge in [0.15, 0.2) is 0 Å². The van der Waals surface area contributed by atoms with E-state index >= 15 is 0 Å². The molecular formula is C26H30BrN3O5S. The molecule has 3 aromatic rings. The Kier molecular flexibility index (Phi) is 8.97. The second-order valence-corrected chi connectivity index (χ2v) is 11.4. The lowest BCUT2D eigenvalue weighted by Gasteiger charge is -2.26. The monoisotopic (exact) mass is 575 g/mol. The number of piperazine rings is 1. The Morgan fingerprint density at radius 2 is 1.75 bits per heavy atom. The number of aliphatic carboxylic acids is 1. The van der Waals surface area contributed by atoms with Gasteiger partial charge in [-0.2, -0.15) is 4.72 Å². The molecule has 192 valence electrons. The Balaban J connectivity index is 1.37. The van der Waals surface area contributed by atoms with Crippen LogP contribution in [0.15, 0.2) is 70.0 Å². The standard InChI is InChI=1S/C26H30BrN3O5S/c27-22-5-8-24(9-6-22)36(33,34)29-25(26(31)32)17-19-2-3-21-18-23(7-4-20(21)16-19)35-15-1-12-30-13-10-28-11-14-30/h2-9,16,18,25,28-29H,1,10-15,17H2,(H,31,32). The molecule has 0 aliphatic carbocycles. The topological polar surface area (TPSA) is 108 Å². The molecule has 0 radical (unpaired) electrons. The predicted molar refractivity (Wildman–Crippen MR) is 143 cm³/mol. The van der Waals surface area contributed by atoms with Crippen LogP contribution in [0.25, 0.3) is 10.8 Å². The number of hydrogen-bond donors (Lipinski definition) is 3. The summed E-state index contributed by atoms with van der Waals surface area (Å²) in [5, 5.41) is 14.9. The van der Waals surface area contributed by atoms with E-state index in [4.69, 9.17) is 4.74 Å². The quantitative estimate of drug-likeness (QED) is 0.301. The summed E-state index contributed by atoms with van der Waals surface area (Å²) in [7, 11) is -3.98. The molecule has 0 saturated carbocycles. The number of carboxylic acids is 1. The molecule has 0 amide bonds. The van der Waals surface area contributed by atoms with E-state index in [9.17, 15) is 18.3 Å². The number of nitrogens with zero attached hydrogens (tertiary/aromatic N) is 1. The summed E-state index contributed by atoms with van der Waals surface area (Å²) >= 11 is 3.26. The molecule has 1 unspecified atom stereocenters. The Bertz CT molecular complexity index is 1290. The summed E-state index contributed by atoms with van der Waals surface area (Å²) in [5.74, 6) is -0.443. The minimum atomic E-state index is -3.98. The number of carboxylic acid groups (broad SMARTS) is 1. The van der Waals surface area contributed by atoms with Crippen molar-refractivity contribution >= 4 is 42.7 Å². The summed E-state index contributed by atoms with van der Waals surface area (Å²) in [4.78, 5) is 14.3. The van der Waals surface area contributed by atoms with Crippen LogP contribution in [0.1, 0.15) is 12.0 Å². The van der Waals surface area contributed by atoms with Crippen molar-refractivity contribution in [1.29, 1.82) is 0 Å². The summed E-state index contributed by atoms with van der Waals surface area (Å²) < 4.78 is 34.4. The van der Waals surface area contributed by atoms with Gasteiger partial charge in [-0.1, -0.05) is 40.2 Å². The highest BCUT2D eigenvalue weighted by molar-refractivity contribution is 9.10. The van der Waals surface area contributed by atoms with Crippen molar-refractivity contribution in [1.82, 2.24) is 14.9 Å². The zero-order chi connectivity index (χ0) is 25.5. The van der Waals surface area contributed by atoms with Gasteiger partial charge in [0, 0.05) is 37.2 Å². The van der Waals surface area contributed by atoms with Crippen LogP contribution in [0.2, 0.25) is 0 Å². The van der Waals surface area contributed by atoms with E-state index in [2.05, 4.69) is 30.9 Å². The van der Waals surface area contributed by atoms with Gasteiger partial charge in [0.05, 0.1) is 11.5 Å². The van der Waals surface area contributed by atoms with E-state index in [1.165, 1.54) is 12.1 Å². The van der Waals surface area contributed by atoms with Crippen molar-refractivity contribution in [2.75, 3.05) is 39.3 Å². The van der Waals surface area contributed by atoms with Gasteiger partial charge in [0.2, 0.25) is 10.0 Å². The van der Waals surface area contributed by atoms with Gasteiger partial charge in [-0.25, -0.2) is 8.42 Å². The molecule has 1 heterocycles. The third-order valence-electron chi connectivity index (χ3n) is 6.13. The second kappa shape index (κ2) is 12.2. The molecule has 1 atom stereocenters. The first-order chi connectivity index (χ1) is 17.3. The third kappa shape index (κ3) is 7.27. The highest BCUT2D eigenvalue weighted by atomic mass is 79.9. The fourth-order valence-electron chi connectivity index (χ4n) is 4.19. The zero-order valence-corrected chi connectivity index (χ0v) is 22.2. The summed E-state index contributed by atoms with van der Waals surface area (Å²) in [5.41, 5.74) is 0.720. The van der Waals surface area contributed by atoms with Gasteiger partial charge in [-0.15, -0.1) is 0 Å². The lowest BCUT2D eigenvalue weighted by atomic mass is 10.0. The molecule has 1 aliphatic rings. The lowest BCUT2D eigenvalue weighted by molar-refractivity contribution is -0.138. The first-order valence-electron chi connectivity index (χ1n) is 11.9. The maximum absolute atomic E-state index is 12.7. The van der Waals surface area contributed by atoms with Crippen molar-refractivity contribution in [2.24, 2.45) is 0 Å². The second-order valence-electron chi connectivity index (χ2n) is 8.81. The van der Waals surface area contributed by atoms with E-state index < -0.39 is 22.0 Å². The van der Waals surface area contributed by atoms with Crippen LogP contribution in [0.5, 0.6) is 5.75 Å². The van der Waals surface area contributed by atoms with Crippen LogP contribution in [0.3, 0.4) is 0 Å². The smallest absolute Gasteiger partial charge is 0.322 e. The van der Waals surface area contributed by atoms with E-state index in [0.29, 0.717) is 6.61 Å². The molecular weight excluding hydrogens is 546 g/mol. The number of halogens is 1. The first-order valence-corrected chi connectivity index (χ1v) is 14.2. The average Bonchev–Trinajstić information content (AvgIpc) is 2.87. The van der Waals surface area contributed by atoms with Crippen LogP contribution in [0.4, 0.5) is 0 Å². The van der Waals surface area contributed by atoms with Crippen molar-refractivity contribution in [3.63, 3.8) is 0 Å². The van der Waals surface area contributed by atoms with Crippen molar-refractivity contribution in [2.45, 2.75) is 23.8 Å². The van der Waals surface area contributed by atoms with Crippen LogP contribution in [0, 0.1) is 0 Å². The first kappa shape index (κ1) is 26.6. The SMILES string of the molecule is O=C(O)C(Cc1ccc2cc(OCCCN3CCNCC3)ccc2c1)NS(=O)(=O)c1ccc(Br)cc1. The fraction of sp³-hybridized carbons (Fsp3) is 0.346. The Hall–Kier alpha value is -2.50. The molecule has 4 rings (SSSR count). The molecule has 36 heavy (non-hydrogen) atoms. The van der Waals surface area contributed by atoms with Gasteiger partial charge >= 0.3 is 5.97 Å². The minimum Gasteiger partial charge on any atom is -0.494 e. The van der Waals surface area contributed by atoms with E-state index in [-0.39, 0.29) is 11.3 Å². The summed E-state index contributed by atoms with van der Waals surface area (Å²) in [6, 6.07) is 16.2. The van der Waals surface area contributed by atoms with E-state index in [1.54, 1.807) is 12.1 Å². The largest absolute Gasteiger partial charge is 0.494 e. The van der Waals surface area contributed by atoms with Crippen LogP contribution in [-0.2, 0) is 21.2 Å². The number of benzene rings is 3. The normalized spacial score (nSPS) is 15.6. The van der Waals surface area contributed by atoms with E-state index in [1.807, 2.05) is 36.4 Å². The highest BCUT2D eigenvalue weighted by Gasteiger charge is 2.25. The predicted octanol–water partition coefficient (Wildman–Crippen LogP) is 3.25. The molecule has 0 bridgehead atoms. The molecule has 1 saturated heterocycles. The number of sulfonamides is 1. The molecule has 3 N–H and O–H groups in total. The fourth-order valence-corrected chi connectivity index (χ4v) is 5.64. The average molecular weight is 577 g/mol. The van der Waals surface area contributed by atoms with Crippen LogP contribution in [-0.4, -0.2) is 69.8 Å². The molecule has 1 fully saturated rings. The molecule has 0 spiro atoms. The highest BCUT2D eigenvalue weighted by Crippen LogP contribution is 2.23. The zero-order valence-electron chi connectivity index (χ0n) is 19.8. The number of carbonyl (C=O) groups is 1. The number of fused-ring (bicyclic) bond motifs is 1. The Labute approximate surface area is 219 Å². The Morgan fingerprint density at radius 1 is 1.06 bits per heavy atom. The maximum atomic E-state index is 12.7. The number of ether oxygens (including phenoxy) is 1. The third-order valence-corrected chi connectivity index (χ3v) is 8.15. The van der Waals surface area contributed by atoms with Crippen molar-refractivity contribution in [3.8, 4) is 5.75 Å². The van der Waals surface area contributed by atoms with Crippen LogP contribution < -0.4 is 14.8 Å². The number of rotatable bonds is 11. The van der Waals surface area contributed by atoms with Crippen molar-refractivity contribution < 1.29 is 23.1 Å². The minimum absolute atomic E-state index is 0.0101. The van der Waals surface area contributed by atoms with Gasteiger partial charge < -0.3 is 20.1 Å². The van der Waals surface area contributed by atoms with Gasteiger partial charge in [0.1, 0.15) is 11.8 Å². The summed E-state index contributed by atoms with van der Waals surface area (Å²) in [6.45, 7) is 5.90. The lowest BCUT2D eigenvalue weighted by Crippen LogP contribution is -2.43. The number of nitrogens with one attached hydrogen (secondary N) is 2. The van der Waals surface area contributed by atoms with Gasteiger partial charge in [0.25, 0.3) is 0 Å². The molecule has 8 nitrogen and oxygen atoms in total. The van der Waals surface area contributed by atoms with Gasteiger partial charge in [-0.05, 0) is 65.6 Å². The molecule has 0 aromatic heterocycles. The molecule has 3 aromatic carbocycles. The summed E-state index contributed by atoms with van der Waals surface area (Å²) in [6.07, 6.45) is 0.981. The number of hydrogen-bond acceptors (Lipinski definition) is 6.